The van der Waals surface area contributed by atoms with Gasteiger partial charge in [0, 0.05) is 17.2 Å². The van der Waals surface area contributed by atoms with Crippen LogP contribution in [0.4, 0.5) is 0 Å². The van der Waals surface area contributed by atoms with Crippen LogP contribution in [-0.4, -0.2) is 13.4 Å². The summed E-state index contributed by atoms with van der Waals surface area (Å²) in [6.07, 6.45) is 0. The van der Waals surface area contributed by atoms with E-state index in [4.69, 9.17) is 29.4 Å². The molecule has 0 saturated carbocycles. The summed E-state index contributed by atoms with van der Waals surface area (Å²) >= 11 is 0. The highest BCUT2D eigenvalue weighted by Crippen LogP contribution is 2.48. The summed E-state index contributed by atoms with van der Waals surface area (Å²) in [7, 11) is 0. The zero-order chi connectivity index (χ0) is 24.4. The second-order valence-corrected chi connectivity index (χ2v) is 7.86. The van der Waals surface area contributed by atoms with Crippen molar-refractivity contribution < 1.29 is 23.7 Å². The number of benzene rings is 3. The number of rotatable bonds is 6. The Morgan fingerprint density at radius 1 is 0.943 bits per heavy atom. The minimum absolute atomic E-state index is 0.0373. The van der Waals surface area contributed by atoms with E-state index in [-0.39, 0.29) is 24.9 Å². The molecule has 0 bridgehead atoms. The standard InChI is InChI=1S/C27H21N3O5/c1-2-31-23-9-16(7-8-21(23)32-14-18-6-4-3-5-17(18)12-28)26-19-10-24-25(34-15-33-24)11-22(19)35-27(30)20(26)13-29/h3-11,26H,2,14-15,30H2,1H3/t26-/m1/s1. The normalized spacial score (nSPS) is 15.5. The van der Waals surface area contributed by atoms with Crippen LogP contribution in [0, 0.1) is 22.7 Å². The van der Waals surface area contributed by atoms with E-state index in [1.54, 1.807) is 18.2 Å². The summed E-state index contributed by atoms with van der Waals surface area (Å²) in [4.78, 5) is 0. The first-order valence-corrected chi connectivity index (χ1v) is 11.0. The molecule has 0 spiro atoms. The molecule has 2 N–H and O–H groups in total. The molecule has 0 amide bonds. The van der Waals surface area contributed by atoms with E-state index in [1.807, 2.05) is 43.3 Å². The molecule has 0 unspecified atom stereocenters. The number of nitrogens with two attached hydrogens (primary N) is 1. The van der Waals surface area contributed by atoms with E-state index in [0.717, 1.165) is 16.7 Å². The molecule has 8 heteroatoms. The Kier molecular flexibility index (Phi) is 5.78. The van der Waals surface area contributed by atoms with Crippen molar-refractivity contribution in [2.75, 3.05) is 13.4 Å². The molecule has 2 aliphatic heterocycles. The van der Waals surface area contributed by atoms with Crippen LogP contribution in [0.1, 0.15) is 35.1 Å². The van der Waals surface area contributed by atoms with E-state index in [1.165, 1.54) is 0 Å². The lowest BCUT2D eigenvalue weighted by molar-refractivity contribution is 0.174. The van der Waals surface area contributed by atoms with Gasteiger partial charge in [-0.25, -0.2) is 0 Å². The lowest BCUT2D eigenvalue weighted by Gasteiger charge is -2.27. The highest BCUT2D eigenvalue weighted by molar-refractivity contribution is 5.62. The molecule has 35 heavy (non-hydrogen) atoms. The molecule has 0 saturated heterocycles. The average Bonchev–Trinajstić information content (AvgIpc) is 3.33. The topological polar surface area (TPSA) is 120 Å². The largest absolute Gasteiger partial charge is 0.490 e. The fourth-order valence-electron chi connectivity index (χ4n) is 4.19. The number of fused-ring (bicyclic) bond motifs is 2. The molecule has 1 atom stereocenters. The fraction of sp³-hybridized carbons (Fsp3) is 0.185. The van der Waals surface area contributed by atoms with Crippen LogP contribution in [-0.2, 0) is 6.61 Å². The van der Waals surface area contributed by atoms with Crippen LogP contribution in [0.25, 0.3) is 0 Å². The van der Waals surface area contributed by atoms with Gasteiger partial charge < -0.3 is 29.4 Å². The van der Waals surface area contributed by atoms with Crippen molar-refractivity contribution in [3.63, 3.8) is 0 Å². The van der Waals surface area contributed by atoms with Gasteiger partial charge in [-0.15, -0.1) is 0 Å². The highest BCUT2D eigenvalue weighted by atomic mass is 16.7. The molecule has 0 aromatic heterocycles. The maximum absolute atomic E-state index is 9.89. The van der Waals surface area contributed by atoms with Gasteiger partial charge in [-0.3, -0.25) is 0 Å². The van der Waals surface area contributed by atoms with Crippen molar-refractivity contribution in [2.24, 2.45) is 5.73 Å². The summed E-state index contributed by atoms with van der Waals surface area (Å²) in [6.45, 7) is 2.63. The van der Waals surface area contributed by atoms with Crippen molar-refractivity contribution in [1.82, 2.24) is 0 Å². The predicted molar refractivity (Wildman–Crippen MR) is 125 cm³/mol. The van der Waals surface area contributed by atoms with Gasteiger partial charge >= 0.3 is 0 Å². The minimum Gasteiger partial charge on any atom is -0.490 e. The second kappa shape index (κ2) is 9.20. The molecule has 5 rings (SSSR count). The summed E-state index contributed by atoms with van der Waals surface area (Å²) in [6, 6.07) is 20.7. The molecule has 174 valence electrons. The van der Waals surface area contributed by atoms with Gasteiger partial charge in [0.25, 0.3) is 0 Å². The molecule has 2 aliphatic rings. The smallest absolute Gasteiger partial charge is 0.231 e. The SMILES string of the molecule is CCOc1cc([C@H]2C(C#N)=C(N)Oc3cc4c(cc32)OCO4)ccc1OCc1ccccc1C#N. The van der Waals surface area contributed by atoms with Crippen molar-refractivity contribution >= 4 is 0 Å². The molecule has 2 heterocycles. The number of ether oxygens (including phenoxy) is 5. The van der Waals surface area contributed by atoms with Gasteiger partial charge in [-0.05, 0) is 36.8 Å². The summed E-state index contributed by atoms with van der Waals surface area (Å²) < 4.78 is 28.6. The van der Waals surface area contributed by atoms with Crippen LogP contribution in [0.15, 0.2) is 66.1 Å². The van der Waals surface area contributed by atoms with E-state index in [0.29, 0.717) is 40.9 Å². The number of nitriles is 2. The third-order valence-corrected chi connectivity index (χ3v) is 5.83. The predicted octanol–water partition coefficient (Wildman–Crippen LogP) is 4.48. The number of allylic oxidation sites excluding steroid dienone is 1. The molecule has 3 aromatic rings. The van der Waals surface area contributed by atoms with Crippen LogP contribution in [0.5, 0.6) is 28.7 Å². The molecule has 8 nitrogen and oxygen atoms in total. The maximum Gasteiger partial charge on any atom is 0.231 e. The Hall–Kier alpha value is -4.82. The Morgan fingerprint density at radius 3 is 2.51 bits per heavy atom. The van der Waals surface area contributed by atoms with Crippen molar-refractivity contribution in [3.05, 3.63) is 88.3 Å². The number of hydrogen-bond donors (Lipinski definition) is 1. The zero-order valence-corrected chi connectivity index (χ0v) is 18.9. The molecule has 0 aliphatic carbocycles. The van der Waals surface area contributed by atoms with Crippen molar-refractivity contribution in [3.8, 4) is 40.9 Å². The maximum atomic E-state index is 9.89. The third-order valence-electron chi connectivity index (χ3n) is 5.83. The fourth-order valence-corrected chi connectivity index (χ4v) is 4.19. The van der Waals surface area contributed by atoms with E-state index >= 15 is 0 Å². The lowest BCUT2D eigenvalue weighted by Crippen LogP contribution is -2.21. The number of hydrogen-bond acceptors (Lipinski definition) is 8. The van der Waals surface area contributed by atoms with Gasteiger partial charge in [0.1, 0.15) is 24.0 Å². The highest BCUT2D eigenvalue weighted by Gasteiger charge is 2.33. The van der Waals surface area contributed by atoms with Gasteiger partial charge in [0.2, 0.25) is 12.7 Å². The Morgan fingerprint density at radius 2 is 1.74 bits per heavy atom. The van der Waals surface area contributed by atoms with E-state index in [2.05, 4.69) is 12.1 Å². The molecular weight excluding hydrogens is 446 g/mol. The summed E-state index contributed by atoms with van der Waals surface area (Å²) in [5.41, 5.74) is 9.26. The molecule has 0 fully saturated rings. The van der Waals surface area contributed by atoms with Crippen molar-refractivity contribution in [1.29, 1.82) is 10.5 Å². The van der Waals surface area contributed by atoms with Crippen LogP contribution >= 0.6 is 0 Å². The van der Waals surface area contributed by atoms with Crippen LogP contribution in [0.3, 0.4) is 0 Å². The first-order chi connectivity index (χ1) is 17.1. The quantitative estimate of drug-likeness (QED) is 0.563. The van der Waals surface area contributed by atoms with Gasteiger partial charge in [0.05, 0.1) is 24.2 Å². The first kappa shape index (κ1) is 22.0. The van der Waals surface area contributed by atoms with Gasteiger partial charge in [-0.2, -0.15) is 10.5 Å². The molecule has 3 aromatic carbocycles. The number of nitrogens with zero attached hydrogens (tertiary/aromatic N) is 2. The zero-order valence-electron chi connectivity index (χ0n) is 18.9. The minimum atomic E-state index is -0.495. The van der Waals surface area contributed by atoms with Crippen LogP contribution < -0.4 is 29.4 Å². The van der Waals surface area contributed by atoms with Crippen LogP contribution in [0.2, 0.25) is 0 Å². The third kappa shape index (κ3) is 4.03. The summed E-state index contributed by atoms with van der Waals surface area (Å²) in [5, 5.41) is 19.2. The van der Waals surface area contributed by atoms with Gasteiger partial charge in [0.15, 0.2) is 23.0 Å². The van der Waals surface area contributed by atoms with E-state index in [9.17, 15) is 10.5 Å². The Balaban J connectivity index is 1.53. The van der Waals surface area contributed by atoms with E-state index < -0.39 is 5.92 Å². The lowest BCUT2D eigenvalue weighted by atomic mass is 9.83. The average molecular weight is 467 g/mol. The summed E-state index contributed by atoms with van der Waals surface area (Å²) in [5.74, 6) is 2.23. The van der Waals surface area contributed by atoms with Gasteiger partial charge in [-0.1, -0.05) is 24.3 Å². The monoisotopic (exact) mass is 467 g/mol. The second-order valence-electron chi connectivity index (χ2n) is 7.86. The molecule has 0 radical (unpaired) electrons. The Labute approximate surface area is 202 Å². The Bertz CT molecular complexity index is 1420. The first-order valence-electron chi connectivity index (χ1n) is 11.0. The van der Waals surface area contributed by atoms with Crippen molar-refractivity contribution in [2.45, 2.75) is 19.4 Å². The molecular formula is C27H21N3O5.